The van der Waals surface area contributed by atoms with Gasteiger partial charge < -0.3 is 4.90 Å². The summed E-state index contributed by atoms with van der Waals surface area (Å²) in [6.07, 6.45) is 5.94. The molecule has 2 heterocycles. The van der Waals surface area contributed by atoms with E-state index in [4.69, 9.17) is 0 Å². The van der Waals surface area contributed by atoms with Gasteiger partial charge in [0.25, 0.3) is 0 Å². The Kier molecular flexibility index (Phi) is 5.04. The van der Waals surface area contributed by atoms with E-state index < -0.39 is 0 Å². The van der Waals surface area contributed by atoms with Crippen molar-refractivity contribution in [3.05, 3.63) is 65.9 Å². The topological polar surface area (TPSA) is 31.7 Å². The van der Waals surface area contributed by atoms with E-state index in [1.54, 1.807) is 0 Å². The predicted octanol–water partition coefficient (Wildman–Crippen LogP) is 3.29. The Bertz CT molecular complexity index is 656. The molecule has 1 aliphatic rings. The number of rotatable bonds is 4. The van der Waals surface area contributed by atoms with Crippen LogP contribution in [-0.2, 0) is 0 Å². The molecule has 0 bridgehead atoms. The predicted molar refractivity (Wildman–Crippen MR) is 96.6 cm³/mol. The van der Waals surface area contributed by atoms with Gasteiger partial charge in [-0.3, -0.25) is 5.01 Å². The van der Waals surface area contributed by atoms with Gasteiger partial charge in [0, 0.05) is 25.5 Å². The molecular weight excluding hydrogens is 284 g/mol. The van der Waals surface area contributed by atoms with E-state index in [9.17, 15) is 0 Å². The third-order valence-corrected chi connectivity index (χ3v) is 3.85. The molecule has 0 unspecified atom stereocenters. The number of anilines is 1. The highest BCUT2D eigenvalue weighted by Crippen LogP contribution is 2.12. The minimum absolute atomic E-state index is 0.922. The lowest BCUT2D eigenvalue weighted by molar-refractivity contribution is 0.271. The van der Waals surface area contributed by atoms with Gasteiger partial charge in [0.2, 0.25) is 0 Å². The summed E-state index contributed by atoms with van der Waals surface area (Å²) >= 11 is 0. The first-order valence-corrected chi connectivity index (χ1v) is 7.99. The molecule has 1 aromatic carbocycles. The van der Waals surface area contributed by atoms with Crippen LogP contribution in [0.1, 0.15) is 12.5 Å². The van der Waals surface area contributed by atoms with E-state index in [0.29, 0.717) is 0 Å². The van der Waals surface area contributed by atoms with Crippen molar-refractivity contribution in [3.63, 3.8) is 0 Å². The lowest BCUT2D eigenvalue weighted by Crippen LogP contribution is -2.44. The first-order chi connectivity index (χ1) is 11.3. The molecule has 23 heavy (non-hydrogen) atoms. The lowest BCUT2D eigenvalue weighted by atomic mass is 10.1. The van der Waals surface area contributed by atoms with Crippen LogP contribution < -0.4 is 4.90 Å². The van der Waals surface area contributed by atoms with Crippen molar-refractivity contribution in [1.29, 1.82) is 0 Å². The number of benzene rings is 1. The highest BCUT2D eigenvalue weighted by Gasteiger charge is 2.15. The van der Waals surface area contributed by atoms with Crippen LogP contribution in [-0.4, -0.2) is 42.4 Å². The van der Waals surface area contributed by atoms with Gasteiger partial charge in [-0.1, -0.05) is 42.5 Å². The van der Waals surface area contributed by atoms with E-state index >= 15 is 0 Å². The number of aromatic nitrogens is 1. The second-order valence-corrected chi connectivity index (χ2v) is 5.67. The smallest absolute Gasteiger partial charge is 0.128 e. The van der Waals surface area contributed by atoms with E-state index in [-0.39, 0.29) is 0 Å². The van der Waals surface area contributed by atoms with E-state index in [2.05, 4.69) is 51.2 Å². The van der Waals surface area contributed by atoms with E-state index in [1.807, 2.05) is 42.7 Å². The molecule has 4 nitrogen and oxygen atoms in total. The third kappa shape index (κ3) is 4.42. The Labute approximate surface area is 137 Å². The maximum atomic E-state index is 4.60. The van der Waals surface area contributed by atoms with Crippen LogP contribution in [0.25, 0.3) is 6.08 Å². The minimum Gasteiger partial charge on any atom is -0.353 e. The molecule has 0 N–H and O–H groups in total. The SMILES string of the molecule is CC(/C=N\N1CCN(c2ccccn2)CC1)=C/c1ccccc1. The lowest BCUT2D eigenvalue weighted by Gasteiger charge is -2.33. The molecule has 2 aromatic rings. The molecular formula is C19H22N4. The van der Waals surface area contributed by atoms with Gasteiger partial charge in [-0.15, -0.1) is 0 Å². The average molecular weight is 306 g/mol. The molecule has 3 rings (SSSR count). The highest BCUT2D eigenvalue weighted by molar-refractivity contribution is 5.84. The Morgan fingerprint density at radius 1 is 1.00 bits per heavy atom. The molecule has 0 aliphatic carbocycles. The molecule has 1 aliphatic heterocycles. The van der Waals surface area contributed by atoms with E-state index in [0.717, 1.165) is 37.6 Å². The normalized spacial score (nSPS) is 16.1. The zero-order valence-corrected chi connectivity index (χ0v) is 13.5. The quantitative estimate of drug-likeness (QED) is 0.812. The van der Waals surface area contributed by atoms with Crippen molar-refractivity contribution in [2.24, 2.45) is 5.10 Å². The first-order valence-electron chi connectivity index (χ1n) is 7.99. The fourth-order valence-corrected chi connectivity index (χ4v) is 2.60. The zero-order valence-electron chi connectivity index (χ0n) is 13.5. The Morgan fingerprint density at radius 3 is 2.43 bits per heavy atom. The second kappa shape index (κ2) is 7.58. The summed E-state index contributed by atoms with van der Waals surface area (Å²) in [6.45, 7) is 5.84. The van der Waals surface area contributed by atoms with Gasteiger partial charge in [0.15, 0.2) is 0 Å². The fraction of sp³-hybridized carbons (Fsp3) is 0.263. The largest absolute Gasteiger partial charge is 0.353 e. The molecule has 1 saturated heterocycles. The van der Waals surface area contributed by atoms with Gasteiger partial charge in [-0.05, 0) is 30.2 Å². The summed E-state index contributed by atoms with van der Waals surface area (Å²) in [5, 5.41) is 6.73. The number of nitrogens with zero attached hydrogens (tertiary/aromatic N) is 4. The third-order valence-electron chi connectivity index (χ3n) is 3.85. The minimum atomic E-state index is 0.922. The van der Waals surface area contributed by atoms with Gasteiger partial charge in [-0.25, -0.2) is 4.98 Å². The van der Waals surface area contributed by atoms with Crippen molar-refractivity contribution in [3.8, 4) is 0 Å². The van der Waals surface area contributed by atoms with Crippen molar-refractivity contribution in [1.82, 2.24) is 9.99 Å². The Balaban J connectivity index is 1.53. The summed E-state index contributed by atoms with van der Waals surface area (Å²) < 4.78 is 0. The summed E-state index contributed by atoms with van der Waals surface area (Å²) in [5.41, 5.74) is 2.36. The van der Waals surface area contributed by atoms with Crippen LogP contribution in [0.2, 0.25) is 0 Å². The number of pyridine rings is 1. The summed E-state index contributed by atoms with van der Waals surface area (Å²) in [7, 11) is 0. The van der Waals surface area contributed by atoms with Crippen LogP contribution in [0.15, 0.2) is 65.4 Å². The van der Waals surface area contributed by atoms with Crippen molar-refractivity contribution >= 4 is 18.1 Å². The highest BCUT2D eigenvalue weighted by atomic mass is 15.5. The zero-order chi connectivity index (χ0) is 15.9. The van der Waals surface area contributed by atoms with Crippen molar-refractivity contribution in [2.45, 2.75) is 6.92 Å². The van der Waals surface area contributed by atoms with Crippen molar-refractivity contribution in [2.75, 3.05) is 31.1 Å². The summed E-state index contributed by atoms with van der Waals surface area (Å²) in [6, 6.07) is 16.4. The number of hydrogen-bond donors (Lipinski definition) is 0. The van der Waals surface area contributed by atoms with Crippen LogP contribution in [0.5, 0.6) is 0 Å². The number of piperazine rings is 1. The molecule has 0 atom stereocenters. The Morgan fingerprint density at radius 2 is 1.74 bits per heavy atom. The molecule has 0 spiro atoms. The van der Waals surface area contributed by atoms with Crippen LogP contribution >= 0.6 is 0 Å². The molecule has 118 valence electrons. The van der Waals surface area contributed by atoms with Crippen LogP contribution in [0.3, 0.4) is 0 Å². The van der Waals surface area contributed by atoms with Crippen LogP contribution in [0, 0.1) is 0 Å². The molecule has 0 radical (unpaired) electrons. The number of allylic oxidation sites excluding steroid dienone is 1. The van der Waals surface area contributed by atoms with Gasteiger partial charge >= 0.3 is 0 Å². The maximum absolute atomic E-state index is 4.60. The van der Waals surface area contributed by atoms with Gasteiger partial charge in [0.05, 0.1) is 13.1 Å². The Hall–Kier alpha value is -2.62. The fourth-order valence-electron chi connectivity index (χ4n) is 2.60. The number of hydrazone groups is 1. The average Bonchev–Trinajstić information content (AvgIpc) is 2.62. The van der Waals surface area contributed by atoms with E-state index in [1.165, 1.54) is 5.56 Å². The maximum Gasteiger partial charge on any atom is 0.128 e. The monoisotopic (exact) mass is 306 g/mol. The summed E-state index contributed by atoms with van der Waals surface area (Å²) in [4.78, 5) is 6.71. The van der Waals surface area contributed by atoms with Crippen LogP contribution in [0.4, 0.5) is 5.82 Å². The standard InChI is InChI=1S/C19H22N4/c1-17(15-18-7-3-2-4-8-18)16-21-23-13-11-22(12-14-23)19-9-5-6-10-20-19/h2-10,15-16H,11-14H2,1H3/b17-15-,21-16-. The molecule has 0 amide bonds. The number of hydrogen-bond acceptors (Lipinski definition) is 4. The molecule has 1 aromatic heterocycles. The van der Waals surface area contributed by atoms with Crippen molar-refractivity contribution < 1.29 is 0 Å². The molecule has 4 heteroatoms. The molecule has 0 saturated carbocycles. The van der Waals surface area contributed by atoms with Gasteiger partial charge in [0.1, 0.15) is 5.82 Å². The summed E-state index contributed by atoms with van der Waals surface area (Å²) in [5.74, 6) is 1.05. The first kappa shape index (κ1) is 15.3. The van der Waals surface area contributed by atoms with Gasteiger partial charge in [-0.2, -0.15) is 5.10 Å². The molecule has 1 fully saturated rings. The second-order valence-electron chi connectivity index (χ2n) is 5.67.